The zero-order valence-electron chi connectivity index (χ0n) is 15.0. The maximum absolute atomic E-state index is 13.1. The summed E-state index contributed by atoms with van der Waals surface area (Å²) in [6, 6.07) is 27.1. The summed E-state index contributed by atoms with van der Waals surface area (Å²) in [5.41, 5.74) is 2.69. The monoisotopic (exact) mass is 404 g/mol. The maximum Gasteiger partial charge on any atom is 0.267 e. The third-order valence-electron chi connectivity index (χ3n) is 4.24. The molecule has 1 aliphatic heterocycles. The van der Waals surface area contributed by atoms with Gasteiger partial charge in [0.05, 0.1) is 17.1 Å². The van der Waals surface area contributed by atoms with Gasteiger partial charge in [0.1, 0.15) is 0 Å². The average Bonchev–Trinajstić information content (AvgIpc) is 3.00. The maximum atomic E-state index is 13.1. The van der Waals surface area contributed by atoms with Gasteiger partial charge >= 0.3 is 0 Å². The lowest BCUT2D eigenvalue weighted by Gasteiger charge is -2.15. The molecule has 1 amide bonds. The van der Waals surface area contributed by atoms with Crippen LogP contribution >= 0.6 is 23.4 Å². The summed E-state index contributed by atoms with van der Waals surface area (Å²) < 4.78 is 0. The van der Waals surface area contributed by atoms with E-state index in [1.165, 1.54) is 11.8 Å². The average molecular weight is 405 g/mol. The standard InChI is InChI=1S/C23H17ClN2OS/c24-20-14-8-7-11-18(20)15-21-22(27)26(16-17-9-3-1-4-10-17)23(28-21)25-19-12-5-2-6-13-19/h1-15H,16H2. The first kappa shape index (κ1) is 18.5. The zero-order chi connectivity index (χ0) is 19.3. The third kappa shape index (κ3) is 4.19. The Morgan fingerprint density at radius 2 is 1.54 bits per heavy atom. The van der Waals surface area contributed by atoms with E-state index in [0.29, 0.717) is 21.6 Å². The molecular formula is C23H17ClN2OS. The Hall–Kier alpha value is -2.82. The molecule has 138 valence electrons. The molecule has 5 heteroatoms. The fourth-order valence-electron chi connectivity index (χ4n) is 2.84. The van der Waals surface area contributed by atoms with Crippen molar-refractivity contribution in [1.29, 1.82) is 0 Å². The Morgan fingerprint density at radius 1 is 0.893 bits per heavy atom. The first-order chi connectivity index (χ1) is 13.7. The van der Waals surface area contributed by atoms with E-state index in [1.54, 1.807) is 4.90 Å². The molecule has 1 fully saturated rings. The van der Waals surface area contributed by atoms with E-state index >= 15 is 0 Å². The van der Waals surface area contributed by atoms with E-state index in [9.17, 15) is 4.79 Å². The minimum Gasteiger partial charge on any atom is -0.282 e. The molecule has 0 spiro atoms. The molecule has 4 rings (SSSR count). The number of nitrogens with zero attached hydrogens (tertiary/aromatic N) is 2. The number of hydrogen-bond acceptors (Lipinski definition) is 3. The number of benzene rings is 3. The molecule has 28 heavy (non-hydrogen) atoms. The first-order valence-corrected chi connectivity index (χ1v) is 10.0. The number of amidine groups is 1. The number of carbonyl (C=O) groups is 1. The van der Waals surface area contributed by atoms with Crippen molar-refractivity contribution in [1.82, 2.24) is 4.90 Å². The summed E-state index contributed by atoms with van der Waals surface area (Å²) in [6.07, 6.45) is 1.83. The van der Waals surface area contributed by atoms with Gasteiger partial charge in [-0.3, -0.25) is 9.69 Å². The lowest BCUT2D eigenvalue weighted by Crippen LogP contribution is -2.28. The van der Waals surface area contributed by atoms with Gasteiger partial charge in [0.25, 0.3) is 5.91 Å². The number of hydrogen-bond donors (Lipinski definition) is 0. The lowest BCUT2D eigenvalue weighted by molar-refractivity contribution is -0.122. The molecule has 0 aromatic heterocycles. The van der Waals surface area contributed by atoms with Gasteiger partial charge < -0.3 is 0 Å². The summed E-state index contributed by atoms with van der Waals surface area (Å²) in [4.78, 5) is 20.2. The normalized spacial score (nSPS) is 16.9. The van der Waals surface area contributed by atoms with Crippen LogP contribution in [0.2, 0.25) is 5.02 Å². The molecule has 0 unspecified atom stereocenters. The Morgan fingerprint density at radius 3 is 2.25 bits per heavy atom. The van der Waals surface area contributed by atoms with Gasteiger partial charge in [0.2, 0.25) is 0 Å². The molecule has 1 saturated heterocycles. The molecule has 0 saturated carbocycles. The number of rotatable bonds is 4. The van der Waals surface area contributed by atoms with Crippen molar-refractivity contribution in [3.8, 4) is 0 Å². The number of amides is 1. The Kier molecular flexibility index (Phi) is 5.60. The summed E-state index contributed by atoms with van der Waals surface area (Å²) in [7, 11) is 0. The van der Waals surface area contributed by atoms with E-state index in [-0.39, 0.29) is 5.91 Å². The van der Waals surface area contributed by atoms with Gasteiger partial charge in [-0.25, -0.2) is 4.99 Å². The van der Waals surface area contributed by atoms with Crippen molar-refractivity contribution in [2.45, 2.75) is 6.54 Å². The fourth-order valence-corrected chi connectivity index (χ4v) is 4.02. The molecule has 1 aliphatic rings. The van der Waals surface area contributed by atoms with Crippen LogP contribution in [0.25, 0.3) is 6.08 Å². The van der Waals surface area contributed by atoms with Crippen molar-refractivity contribution in [2.75, 3.05) is 0 Å². The van der Waals surface area contributed by atoms with E-state index in [2.05, 4.69) is 0 Å². The highest BCUT2D eigenvalue weighted by molar-refractivity contribution is 8.18. The molecule has 0 N–H and O–H groups in total. The number of halogens is 1. The predicted octanol–water partition coefficient (Wildman–Crippen LogP) is 6.14. The topological polar surface area (TPSA) is 32.7 Å². The summed E-state index contributed by atoms with van der Waals surface area (Å²) in [5.74, 6) is -0.0662. The van der Waals surface area contributed by atoms with Crippen LogP contribution in [0.5, 0.6) is 0 Å². The van der Waals surface area contributed by atoms with Crippen molar-refractivity contribution >= 4 is 46.2 Å². The Balaban J connectivity index is 1.71. The van der Waals surface area contributed by atoms with Crippen molar-refractivity contribution in [3.63, 3.8) is 0 Å². The Labute approximate surface area is 173 Å². The van der Waals surface area contributed by atoms with Crippen LogP contribution in [0, 0.1) is 0 Å². The summed E-state index contributed by atoms with van der Waals surface area (Å²) >= 11 is 7.65. The van der Waals surface area contributed by atoms with Crippen LogP contribution in [0.4, 0.5) is 5.69 Å². The number of carbonyl (C=O) groups excluding carboxylic acids is 1. The van der Waals surface area contributed by atoms with Crippen LogP contribution in [-0.2, 0) is 11.3 Å². The molecule has 3 nitrogen and oxygen atoms in total. The molecule has 3 aromatic rings. The van der Waals surface area contributed by atoms with Crippen molar-refractivity contribution in [3.05, 3.63) is 106 Å². The minimum atomic E-state index is -0.0662. The molecular weight excluding hydrogens is 388 g/mol. The molecule has 0 bridgehead atoms. The van der Waals surface area contributed by atoms with Crippen LogP contribution < -0.4 is 0 Å². The predicted molar refractivity (Wildman–Crippen MR) is 118 cm³/mol. The number of aliphatic imine (C=N–C) groups is 1. The van der Waals surface area contributed by atoms with Gasteiger partial charge in [-0.05, 0) is 47.2 Å². The van der Waals surface area contributed by atoms with Gasteiger partial charge in [-0.15, -0.1) is 0 Å². The number of para-hydroxylation sites is 1. The Bertz CT molecular complexity index is 1050. The molecule has 0 atom stereocenters. The SMILES string of the molecule is O=C1C(=Cc2ccccc2Cl)SC(=Nc2ccccc2)N1Cc1ccccc1. The molecule has 1 heterocycles. The van der Waals surface area contributed by atoms with Crippen LogP contribution in [0.1, 0.15) is 11.1 Å². The first-order valence-electron chi connectivity index (χ1n) is 8.84. The molecule has 3 aromatic carbocycles. The van der Waals surface area contributed by atoms with Gasteiger partial charge in [-0.1, -0.05) is 78.3 Å². The highest BCUT2D eigenvalue weighted by Gasteiger charge is 2.33. The zero-order valence-corrected chi connectivity index (χ0v) is 16.5. The molecule has 0 aliphatic carbocycles. The lowest BCUT2D eigenvalue weighted by atomic mass is 10.2. The molecule has 0 radical (unpaired) electrons. The highest BCUT2D eigenvalue weighted by Crippen LogP contribution is 2.36. The second-order valence-electron chi connectivity index (χ2n) is 6.24. The smallest absolute Gasteiger partial charge is 0.267 e. The van der Waals surface area contributed by atoms with Crippen molar-refractivity contribution in [2.24, 2.45) is 4.99 Å². The highest BCUT2D eigenvalue weighted by atomic mass is 35.5. The fraction of sp³-hybridized carbons (Fsp3) is 0.0435. The van der Waals surface area contributed by atoms with E-state index < -0.39 is 0 Å². The van der Waals surface area contributed by atoms with Gasteiger partial charge in [-0.2, -0.15) is 0 Å². The second kappa shape index (κ2) is 8.46. The quantitative estimate of drug-likeness (QED) is 0.489. The van der Waals surface area contributed by atoms with Gasteiger partial charge in [0, 0.05) is 5.02 Å². The van der Waals surface area contributed by atoms with Crippen LogP contribution in [0.3, 0.4) is 0 Å². The number of thioether (sulfide) groups is 1. The third-order valence-corrected chi connectivity index (χ3v) is 5.60. The largest absolute Gasteiger partial charge is 0.282 e. The van der Waals surface area contributed by atoms with Gasteiger partial charge in [0.15, 0.2) is 5.17 Å². The van der Waals surface area contributed by atoms with Crippen LogP contribution in [0.15, 0.2) is 94.8 Å². The summed E-state index contributed by atoms with van der Waals surface area (Å²) in [5, 5.41) is 1.28. The van der Waals surface area contributed by atoms with E-state index in [1.807, 2.05) is 91.0 Å². The second-order valence-corrected chi connectivity index (χ2v) is 7.66. The van der Waals surface area contributed by atoms with E-state index in [0.717, 1.165) is 16.8 Å². The van der Waals surface area contributed by atoms with Crippen molar-refractivity contribution < 1.29 is 4.79 Å². The summed E-state index contributed by atoms with van der Waals surface area (Å²) in [6.45, 7) is 0.470. The van der Waals surface area contributed by atoms with E-state index in [4.69, 9.17) is 16.6 Å². The van der Waals surface area contributed by atoms with Crippen LogP contribution in [-0.4, -0.2) is 16.0 Å². The minimum absolute atomic E-state index is 0.0662.